The lowest BCUT2D eigenvalue weighted by Gasteiger charge is -2.24. The van der Waals surface area contributed by atoms with E-state index in [1.165, 1.54) is 17.7 Å². The second-order valence-electron chi connectivity index (χ2n) is 7.32. The number of aromatic nitrogens is 2. The van der Waals surface area contributed by atoms with Crippen LogP contribution in [0.2, 0.25) is 0 Å². The van der Waals surface area contributed by atoms with Crippen LogP contribution in [0, 0.1) is 5.82 Å². The lowest BCUT2D eigenvalue weighted by Crippen LogP contribution is -2.30. The quantitative estimate of drug-likeness (QED) is 0.848. The predicted molar refractivity (Wildman–Crippen MR) is 96.1 cm³/mol. The minimum atomic E-state index is -0.279. The van der Waals surface area contributed by atoms with Crippen molar-refractivity contribution < 1.29 is 9.18 Å². The summed E-state index contributed by atoms with van der Waals surface area (Å²) in [6, 6.07) is 6.14. The summed E-state index contributed by atoms with van der Waals surface area (Å²) in [7, 11) is 2.11. The summed E-state index contributed by atoms with van der Waals surface area (Å²) in [5.74, 6) is 0.874. The van der Waals surface area contributed by atoms with E-state index in [-0.39, 0.29) is 17.6 Å². The van der Waals surface area contributed by atoms with E-state index in [4.69, 9.17) is 4.98 Å². The Kier molecular flexibility index (Phi) is 4.68. The number of amides is 1. The number of hydrogen-bond acceptors (Lipinski definition) is 4. The van der Waals surface area contributed by atoms with Crippen LogP contribution in [0.1, 0.15) is 35.0 Å². The first kappa shape index (κ1) is 17.1. The molecule has 1 fully saturated rings. The van der Waals surface area contributed by atoms with E-state index in [1.807, 2.05) is 11.1 Å². The van der Waals surface area contributed by atoms with Gasteiger partial charge < -0.3 is 9.80 Å². The summed E-state index contributed by atoms with van der Waals surface area (Å²) in [5, 5.41) is 0. The molecule has 136 valence electrons. The second-order valence-corrected chi connectivity index (χ2v) is 7.32. The first-order valence-electron chi connectivity index (χ1n) is 9.14. The highest BCUT2D eigenvalue weighted by atomic mass is 19.1. The average molecular weight is 354 g/mol. The Labute approximate surface area is 152 Å². The second kappa shape index (κ2) is 7.11. The molecule has 2 aliphatic rings. The van der Waals surface area contributed by atoms with Crippen LogP contribution in [0.5, 0.6) is 0 Å². The van der Waals surface area contributed by atoms with Crippen molar-refractivity contribution >= 4 is 5.91 Å². The highest BCUT2D eigenvalue weighted by Gasteiger charge is 2.29. The molecule has 0 radical (unpaired) electrons. The lowest BCUT2D eigenvalue weighted by atomic mass is 10.1. The predicted octanol–water partition coefficient (Wildman–Crippen LogP) is 2.16. The molecular formula is C20H23FN4O. The third-order valence-electron chi connectivity index (χ3n) is 5.32. The van der Waals surface area contributed by atoms with Gasteiger partial charge >= 0.3 is 0 Å². The summed E-state index contributed by atoms with van der Waals surface area (Å²) in [5.41, 5.74) is 3.21. The van der Waals surface area contributed by atoms with Gasteiger partial charge in [-0.25, -0.2) is 14.4 Å². The molecule has 0 N–H and O–H groups in total. The average Bonchev–Trinajstić information content (AvgIpc) is 3.13. The van der Waals surface area contributed by atoms with Crippen LogP contribution in [0.4, 0.5) is 4.39 Å². The zero-order valence-corrected chi connectivity index (χ0v) is 15.0. The molecule has 0 aliphatic carbocycles. The number of benzene rings is 1. The Hall–Kier alpha value is -2.34. The number of nitrogens with zero attached hydrogens (tertiary/aromatic N) is 4. The van der Waals surface area contributed by atoms with E-state index < -0.39 is 0 Å². The van der Waals surface area contributed by atoms with Crippen LogP contribution in [0.3, 0.4) is 0 Å². The van der Waals surface area contributed by atoms with Gasteiger partial charge in [0.15, 0.2) is 0 Å². The molecule has 0 saturated carbocycles. The summed E-state index contributed by atoms with van der Waals surface area (Å²) in [6.45, 7) is 3.32. The van der Waals surface area contributed by atoms with Crippen molar-refractivity contribution in [3.05, 3.63) is 58.9 Å². The van der Waals surface area contributed by atoms with Gasteiger partial charge in [0.1, 0.15) is 11.6 Å². The molecule has 26 heavy (non-hydrogen) atoms. The maximum absolute atomic E-state index is 13.0. The third-order valence-corrected chi connectivity index (χ3v) is 5.32. The highest BCUT2D eigenvalue weighted by Crippen LogP contribution is 2.26. The molecule has 1 amide bonds. The summed E-state index contributed by atoms with van der Waals surface area (Å²) in [6.07, 6.45) is 4.12. The van der Waals surface area contributed by atoms with Crippen molar-refractivity contribution in [3.63, 3.8) is 0 Å². The van der Waals surface area contributed by atoms with Crippen LogP contribution in [0.25, 0.3) is 0 Å². The number of carbonyl (C=O) groups is 1. The van der Waals surface area contributed by atoms with Crippen molar-refractivity contribution in [2.75, 3.05) is 26.7 Å². The zero-order chi connectivity index (χ0) is 18.1. The number of hydrogen-bond donors (Lipinski definition) is 0. The standard InChI is InChI=1S/C20H23FN4O/c1-24-8-7-18-16(12-24)11-22-20(23-18)15-6-9-25(13-15)19(26)10-14-2-4-17(21)5-3-14/h2-5,11,15H,6-10,12-13H2,1H3/t15-/m0/s1. The van der Waals surface area contributed by atoms with Gasteiger partial charge in [-0.05, 0) is 31.2 Å². The third kappa shape index (κ3) is 3.60. The first-order valence-corrected chi connectivity index (χ1v) is 9.14. The molecule has 3 heterocycles. The van der Waals surface area contributed by atoms with Crippen molar-refractivity contribution in [3.8, 4) is 0 Å². The number of likely N-dealkylation sites (N-methyl/N-ethyl adjacent to an activating group) is 1. The van der Waals surface area contributed by atoms with E-state index in [1.54, 1.807) is 12.1 Å². The molecular weight excluding hydrogens is 331 g/mol. The van der Waals surface area contributed by atoms with Gasteiger partial charge in [0.25, 0.3) is 0 Å². The summed E-state index contributed by atoms with van der Waals surface area (Å²) in [4.78, 5) is 26.1. The van der Waals surface area contributed by atoms with Crippen molar-refractivity contribution in [2.45, 2.75) is 31.7 Å². The van der Waals surface area contributed by atoms with Crippen molar-refractivity contribution in [2.24, 2.45) is 0 Å². The normalized spacial score (nSPS) is 20.2. The zero-order valence-electron chi connectivity index (χ0n) is 15.0. The molecule has 2 aliphatic heterocycles. The van der Waals surface area contributed by atoms with Gasteiger partial charge in [-0.2, -0.15) is 0 Å². The van der Waals surface area contributed by atoms with Gasteiger partial charge in [-0.1, -0.05) is 12.1 Å². The van der Waals surface area contributed by atoms with Gasteiger partial charge in [0.2, 0.25) is 5.91 Å². The topological polar surface area (TPSA) is 49.3 Å². The van der Waals surface area contributed by atoms with E-state index in [0.29, 0.717) is 13.0 Å². The molecule has 0 unspecified atom stereocenters. The Morgan fingerprint density at radius 2 is 2.08 bits per heavy atom. The number of rotatable bonds is 3. The minimum absolute atomic E-state index is 0.0821. The van der Waals surface area contributed by atoms with Gasteiger partial charge in [-0.3, -0.25) is 4.79 Å². The smallest absolute Gasteiger partial charge is 0.227 e. The van der Waals surface area contributed by atoms with Crippen LogP contribution < -0.4 is 0 Å². The van der Waals surface area contributed by atoms with E-state index in [9.17, 15) is 9.18 Å². The van der Waals surface area contributed by atoms with Crippen LogP contribution >= 0.6 is 0 Å². The maximum Gasteiger partial charge on any atom is 0.227 e. The number of halogens is 1. The fourth-order valence-corrected chi connectivity index (χ4v) is 3.76. The van der Waals surface area contributed by atoms with Crippen molar-refractivity contribution in [1.29, 1.82) is 0 Å². The Bertz CT molecular complexity index is 808. The van der Waals surface area contributed by atoms with Gasteiger partial charge in [0.05, 0.1) is 6.42 Å². The summed E-state index contributed by atoms with van der Waals surface area (Å²) >= 11 is 0. The minimum Gasteiger partial charge on any atom is -0.342 e. The van der Waals surface area contributed by atoms with Gasteiger partial charge in [0, 0.05) is 56.0 Å². The molecule has 1 atom stereocenters. The van der Waals surface area contributed by atoms with Crippen LogP contribution in [-0.2, 0) is 24.2 Å². The molecule has 0 bridgehead atoms. The van der Waals surface area contributed by atoms with E-state index >= 15 is 0 Å². The summed E-state index contributed by atoms with van der Waals surface area (Å²) < 4.78 is 13.0. The van der Waals surface area contributed by atoms with Crippen LogP contribution in [-0.4, -0.2) is 52.4 Å². The first-order chi connectivity index (χ1) is 12.6. The monoisotopic (exact) mass is 354 g/mol. The molecule has 6 heteroatoms. The molecule has 1 aromatic carbocycles. The number of carbonyl (C=O) groups excluding carboxylic acids is 1. The molecule has 1 saturated heterocycles. The fourth-order valence-electron chi connectivity index (χ4n) is 3.76. The SMILES string of the molecule is CN1CCc2nc([C@H]3CCN(C(=O)Cc4ccc(F)cc4)C3)ncc2C1. The van der Waals surface area contributed by atoms with E-state index in [2.05, 4.69) is 16.9 Å². The fraction of sp³-hybridized carbons (Fsp3) is 0.450. The molecule has 1 aromatic heterocycles. The molecule has 5 nitrogen and oxygen atoms in total. The lowest BCUT2D eigenvalue weighted by molar-refractivity contribution is -0.129. The Balaban J connectivity index is 1.40. The Morgan fingerprint density at radius 1 is 1.27 bits per heavy atom. The van der Waals surface area contributed by atoms with Gasteiger partial charge in [-0.15, -0.1) is 0 Å². The maximum atomic E-state index is 13.0. The van der Waals surface area contributed by atoms with E-state index in [0.717, 1.165) is 49.6 Å². The number of fused-ring (bicyclic) bond motifs is 1. The number of likely N-dealkylation sites (tertiary alicyclic amines) is 1. The molecule has 0 spiro atoms. The highest BCUT2D eigenvalue weighted by molar-refractivity contribution is 5.79. The molecule has 4 rings (SSSR count). The molecule has 2 aromatic rings. The largest absolute Gasteiger partial charge is 0.342 e. The van der Waals surface area contributed by atoms with Crippen LogP contribution in [0.15, 0.2) is 30.5 Å². The van der Waals surface area contributed by atoms with Crippen molar-refractivity contribution in [1.82, 2.24) is 19.8 Å². The Morgan fingerprint density at radius 3 is 2.88 bits per heavy atom.